The molecule has 0 bridgehead atoms. The molecular formula is C29H36N3O5P. The van der Waals surface area contributed by atoms with Crippen LogP contribution in [0.15, 0.2) is 60.7 Å². The van der Waals surface area contributed by atoms with E-state index in [9.17, 15) is 24.1 Å². The number of rotatable bonds is 10. The summed E-state index contributed by atoms with van der Waals surface area (Å²) in [6.45, 7) is 2.14. The molecule has 2 fully saturated rings. The zero-order valence-corrected chi connectivity index (χ0v) is 22.7. The maximum absolute atomic E-state index is 14.0. The lowest BCUT2D eigenvalue weighted by molar-refractivity contribution is -0.158. The summed E-state index contributed by atoms with van der Waals surface area (Å²) in [5.74, 6) is -2.06. The normalized spacial score (nSPS) is 23.5. The largest absolute Gasteiger partial charge is 0.479 e. The first-order chi connectivity index (χ1) is 18.3. The number of carbonyl (C=O) groups is 3. The number of aryl methyl sites for hydroxylation is 2. The summed E-state index contributed by atoms with van der Waals surface area (Å²) in [6.07, 6.45) is 3.59. The summed E-state index contributed by atoms with van der Waals surface area (Å²) in [5.41, 5.74) is 7.01. The fourth-order valence-corrected chi connectivity index (χ4v) is 7.16. The molecule has 2 amide bonds. The Balaban J connectivity index is 1.71. The van der Waals surface area contributed by atoms with Crippen LogP contribution in [0.5, 0.6) is 0 Å². The van der Waals surface area contributed by atoms with Gasteiger partial charge in [0.25, 0.3) is 0 Å². The molecule has 2 aromatic rings. The first kappa shape index (κ1) is 27.9. The van der Waals surface area contributed by atoms with Crippen LogP contribution >= 0.6 is 8.46 Å². The summed E-state index contributed by atoms with van der Waals surface area (Å²) in [6, 6.07) is 18.0. The Morgan fingerprint density at radius 2 is 1.55 bits per heavy atom. The van der Waals surface area contributed by atoms with E-state index in [1.54, 1.807) is 6.92 Å². The van der Waals surface area contributed by atoms with Gasteiger partial charge in [-0.3, -0.25) is 14.2 Å². The summed E-state index contributed by atoms with van der Waals surface area (Å²) in [4.78, 5) is 42.6. The monoisotopic (exact) mass is 537 g/mol. The Labute approximate surface area is 225 Å². The number of likely N-dealkylation sites (tertiary alicyclic amines) is 2. The lowest BCUT2D eigenvalue weighted by Crippen LogP contribution is -2.61. The van der Waals surface area contributed by atoms with Crippen molar-refractivity contribution in [3.05, 3.63) is 71.8 Å². The number of carbonyl (C=O) groups excluding carboxylic acids is 2. The van der Waals surface area contributed by atoms with E-state index >= 15 is 0 Å². The highest BCUT2D eigenvalue weighted by Crippen LogP contribution is 2.57. The van der Waals surface area contributed by atoms with Gasteiger partial charge >= 0.3 is 5.97 Å². The van der Waals surface area contributed by atoms with E-state index in [2.05, 4.69) is 0 Å². The van der Waals surface area contributed by atoms with Crippen LogP contribution in [0.2, 0.25) is 0 Å². The Bertz CT molecular complexity index is 1120. The van der Waals surface area contributed by atoms with Gasteiger partial charge in [0.15, 0.2) is 8.46 Å². The van der Waals surface area contributed by atoms with Crippen molar-refractivity contribution in [2.45, 2.75) is 69.2 Å². The molecular weight excluding hydrogens is 501 g/mol. The molecule has 0 saturated carbocycles. The maximum Gasteiger partial charge on any atom is 0.342 e. The second-order valence-corrected chi connectivity index (χ2v) is 11.4. The number of nitrogens with two attached hydrogens (primary N) is 1. The van der Waals surface area contributed by atoms with Gasteiger partial charge in [0.1, 0.15) is 6.04 Å². The molecule has 0 spiro atoms. The Kier molecular flexibility index (Phi) is 8.64. The molecule has 202 valence electrons. The number of hydrogen-bond donors (Lipinski definition) is 2. The first-order valence-electron chi connectivity index (χ1n) is 13.3. The smallest absolute Gasteiger partial charge is 0.342 e. The molecule has 0 unspecified atom stereocenters. The molecule has 2 aromatic carbocycles. The highest BCUT2D eigenvalue weighted by molar-refractivity contribution is 7.28. The van der Waals surface area contributed by atoms with Crippen LogP contribution < -0.4 is 5.73 Å². The molecule has 0 aliphatic carbocycles. The molecule has 2 saturated heterocycles. The van der Waals surface area contributed by atoms with Crippen molar-refractivity contribution in [2.75, 3.05) is 13.1 Å². The van der Waals surface area contributed by atoms with Gasteiger partial charge in [-0.25, -0.2) is 4.79 Å². The second kappa shape index (κ2) is 11.7. The average Bonchev–Trinajstić information content (AvgIpc) is 3.55. The minimum Gasteiger partial charge on any atom is -0.479 e. The molecule has 3 N–H and O–H groups in total. The Morgan fingerprint density at radius 3 is 2.03 bits per heavy atom. The fraction of sp³-hybridized carbons (Fsp3) is 0.483. The molecule has 2 aliphatic heterocycles. The van der Waals surface area contributed by atoms with E-state index < -0.39 is 43.1 Å². The van der Waals surface area contributed by atoms with E-state index in [1.807, 2.05) is 60.7 Å². The maximum atomic E-state index is 14.0. The van der Waals surface area contributed by atoms with Crippen LogP contribution in [0.25, 0.3) is 0 Å². The van der Waals surface area contributed by atoms with Gasteiger partial charge < -0.3 is 20.6 Å². The van der Waals surface area contributed by atoms with E-state index in [0.29, 0.717) is 51.5 Å². The molecule has 0 aromatic heterocycles. The van der Waals surface area contributed by atoms with E-state index in [0.717, 1.165) is 11.1 Å². The highest BCUT2D eigenvalue weighted by atomic mass is 31.1. The lowest BCUT2D eigenvalue weighted by atomic mass is 9.71. The number of carboxylic acid groups (broad SMARTS) is 1. The molecule has 0 radical (unpaired) electrons. The molecule has 8 nitrogen and oxygen atoms in total. The number of nitrogens with zero attached hydrogens (tertiary/aromatic N) is 2. The van der Waals surface area contributed by atoms with Crippen LogP contribution in [-0.2, 0) is 31.8 Å². The topological polar surface area (TPSA) is 121 Å². The average molecular weight is 538 g/mol. The predicted molar refractivity (Wildman–Crippen MR) is 145 cm³/mol. The van der Waals surface area contributed by atoms with Crippen LogP contribution in [0.4, 0.5) is 0 Å². The number of amides is 2. The van der Waals surface area contributed by atoms with Crippen molar-refractivity contribution in [1.82, 2.24) is 9.80 Å². The fourth-order valence-electron chi connectivity index (χ4n) is 6.25. The van der Waals surface area contributed by atoms with Crippen molar-refractivity contribution >= 4 is 26.2 Å². The van der Waals surface area contributed by atoms with Crippen LogP contribution in [0, 0.1) is 5.41 Å². The minimum absolute atomic E-state index is 0.167. The van der Waals surface area contributed by atoms with Gasteiger partial charge in [0.2, 0.25) is 17.1 Å². The summed E-state index contributed by atoms with van der Waals surface area (Å²) < 4.78 is 13.1. The Hall–Kier alpha value is -3.09. The lowest BCUT2D eigenvalue weighted by Gasteiger charge is -2.43. The Morgan fingerprint density at radius 1 is 1.00 bits per heavy atom. The standard InChI is InChI=1S/C29H36N3O5P/c1-21(30)25(33)31-19-8-13-24(31)26(34)32-20-18-28(29(32,38-37)27(35)36,16-14-22-9-4-2-5-10-22)17-15-23-11-6-3-7-12-23/h2-7,9-12,21,24H,8,13-20,30H2,1H3,(H,35,36)/t21-,24-,29-/m0/s1. The zero-order valence-electron chi connectivity index (χ0n) is 21.8. The molecule has 3 atom stereocenters. The van der Waals surface area contributed by atoms with Crippen molar-refractivity contribution in [2.24, 2.45) is 11.1 Å². The minimum atomic E-state index is -1.93. The van der Waals surface area contributed by atoms with Crippen molar-refractivity contribution in [1.29, 1.82) is 0 Å². The van der Waals surface area contributed by atoms with Crippen LogP contribution in [0.3, 0.4) is 0 Å². The van der Waals surface area contributed by atoms with Gasteiger partial charge in [0, 0.05) is 18.5 Å². The van der Waals surface area contributed by atoms with E-state index in [-0.39, 0.29) is 12.5 Å². The van der Waals surface area contributed by atoms with Gasteiger partial charge in [-0.05, 0) is 63.0 Å². The van der Waals surface area contributed by atoms with Crippen molar-refractivity contribution in [3.8, 4) is 0 Å². The van der Waals surface area contributed by atoms with Gasteiger partial charge in [-0.2, -0.15) is 0 Å². The molecule has 2 aliphatic rings. The third-order valence-electron chi connectivity index (χ3n) is 8.32. The van der Waals surface area contributed by atoms with Crippen LogP contribution in [-0.4, -0.2) is 63.1 Å². The van der Waals surface area contributed by atoms with Gasteiger partial charge in [-0.1, -0.05) is 60.7 Å². The first-order valence-corrected chi connectivity index (χ1v) is 14.1. The number of hydrogen-bond acceptors (Lipinski definition) is 5. The second-order valence-electron chi connectivity index (χ2n) is 10.5. The third kappa shape index (κ3) is 5.12. The van der Waals surface area contributed by atoms with Gasteiger partial charge in [0.05, 0.1) is 6.04 Å². The molecule has 38 heavy (non-hydrogen) atoms. The number of benzene rings is 2. The number of aliphatic carboxylic acids is 1. The van der Waals surface area contributed by atoms with Crippen molar-refractivity contribution in [3.63, 3.8) is 0 Å². The molecule has 2 heterocycles. The SMILES string of the molecule is C[C@H](N)C(=O)N1CCC[C@H]1C(=O)N1CCC(CCc2ccccc2)(CCc2ccccc2)[C@@]1(P=O)C(=O)O. The predicted octanol–water partition coefficient (Wildman–Crippen LogP) is 3.88. The zero-order chi connectivity index (χ0) is 27.3. The number of carboxylic acids is 1. The highest BCUT2D eigenvalue weighted by Gasteiger charge is 2.67. The third-order valence-corrected chi connectivity index (χ3v) is 9.49. The summed E-state index contributed by atoms with van der Waals surface area (Å²) in [5, 5.41) is 8.79. The summed E-state index contributed by atoms with van der Waals surface area (Å²) in [7, 11) is -0.625. The van der Waals surface area contributed by atoms with E-state index in [4.69, 9.17) is 5.73 Å². The van der Waals surface area contributed by atoms with E-state index in [1.165, 1.54) is 9.80 Å². The van der Waals surface area contributed by atoms with Gasteiger partial charge in [-0.15, -0.1) is 0 Å². The molecule has 9 heteroatoms. The van der Waals surface area contributed by atoms with Crippen LogP contribution in [0.1, 0.15) is 50.2 Å². The van der Waals surface area contributed by atoms with Crippen molar-refractivity contribution < 1.29 is 24.1 Å². The quantitative estimate of drug-likeness (QED) is 0.444. The summed E-state index contributed by atoms with van der Waals surface area (Å²) >= 11 is 0. The molecule has 4 rings (SSSR count).